The average molecular weight is 278 g/mol. The number of amidine groups is 1. The van der Waals surface area contributed by atoms with Crippen LogP contribution in [0.5, 0.6) is 5.75 Å². The lowest BCUT2D eigenvalue weighted by Crippen LogP contribution is -2.23. The van der Waals surface area contributed by atoms with Crippen LogP contribution in [-0.2, 0) is 0 Å². The lowest BCUT2D eigenvalue weighted by molar-refractivity contribution is 0.412. The van der Waals surface area contributed by atoms with Crippen LogP contribution in [0.1, 0.15) is 25.8 Å². The number of nitrogens with zero attached hydrogens (tertiary/aromatic N) is 1. The molecule has 1 unspecified atom stereocenters. The Morgan fingerprint density at radius 2 is 2.21 bits per heavy atom. The van der Waals surface area contributed by atoms with E-state index in [0.717, 1.165) is 27.9 Å². The lowest BCUT2D eigenvalue weighted by atomic mass is 10.0. The fraction of sp³-hybridized carbons (Fsp3) is 0.533. The van der Waals surface area contributed by atoms with Crippen LogP contribution < -0.4 is 10.1 Å². The first kappa shape index (κ1) is 14.3. The van der Waals surface area contributed by atoms with E-state index in [1.54, 1.807) is 18.9 Å². The van der Waals surface area contributed by atoms with E-state index >= 15 is 0 Å². The normalized spacial score (nSPS) is 19.2. The van der Waals surface area contributed by atoms with Crippen LogP contribution >= 0.6 is 11.8 Å². The van der Waals surface area contributed by atoms with Gasteiger partial charge >= 0.3 is 0 Å². The molecule has 0 bridgehead atoms. The lowest BCUT2D eigenvalue weighted by Gasteiger charge is -2.23. The maximum atomic E-state index is 5.28. The molecule has 0 spiro atoms. The van der Waals surface area contributed by atoms with E-state index in [1.807, 2.05) is 12.1 Å². The summed E-state index contributed by atoms with van der Waals surface area (Å²) in [5, 5.41) is 4.45. The van der Waals surface area contributed by atoms with Crippen molar-refractivity contribution in [3.05, 3.63) is 23.8 Å². The van der Waals surface area contributed by atoms with Crippen LogP contribution in [0.3, 0.4) is 0 Å². The Morgan fingerprint density at radius 3 is 2.84 bits per heavy atom. The Kier molecular flexibility index (Phi) is 4.75. The van der Waals surface area contributed by atoms with E-state index in [9.17, 15) is 0 Å². The fourth-order valence-corrected chi connectivity index (χ4v) is 3.11. The fourth-order valence-electron chi connectivity index (χ4n) is 2.16. The largest absolute Gasteiger partial charge is 0.496 e. The quantitative estimate of drug-likeness (QED) is 0.909. The van der Waals surface area contributed by atoms with Gasteiger partial charge in [-0.3, -0.25) is 4.99 Å². The van der Waals surface area contributed by atoms with Crippen molar-refractivity contribution in [1.82, 2.24) is 0 Å². The van der Waals surface area contributed by atoms with Gasteiger partial charge in [0.1, 0.15) is 5.75 Å². The second-order valence-electron chi connectivity index (χ2n) is 5.19. The molecule has 1 N–H and O–H groups in total. The van der Waals surface area contributed by atoms with Gasteiger partial charge in [-0.15, -0.1) is 0 Å². The molecule has 0 aromatic heterocycles. The number of hydrogen-bond donors (Lipinski definition) is 1. The number of benzene rings is 1. The predicted molar refractivity (Wildman–Crippen MR) is 84.5 cm³/mol. The van der Waals surface area contributed by atoms with Gasteiger partial charge in [0.05, 0.1) is 13.2 Å². The maximum absolute atomic E-state index is 5.28. The summed E-state index contributed by atoms with van der Waals surface area (Å²) in [4.78, 5) is 4.79. The van der Waals surface area contributed by atoms with Crippen molar-refractivity contribution in [3.63, 3.8) is 0 Å². The molecule has 4 heteroatoms. The molecule has 0 amide bonds. The topological polar surface area (TPSA) is 33.6 Å². The molecule has 1 aliphatic rings. The van der Waals surface area contributed by atoms with Crippen LogP contribution in [0.25, 0.3) is 0 Å². The summed E-state index contributed by atoms with van der Waals surface area (Å²) in [7, 11) is 1.70. The predicted octanol–water partition coefficient (Wildman–Crippen LogP) is 3.93. The Labute approximate surface area is 119 Å². The number of hydrogen-bond acceptors (Lipinski definition) is 4. The summed E-state index contributed by atoms with van der Waals surface area (Å²) in [5.41, 5.74) is 2.21. The van der Waals surface area contributed by atoms with Crippen LogP contribution in [-0.4, -0.2) is 24.1 Å². The van der Waals surface area contributed by atoms with Gasteiger partial charge in [-0.05, 0) is 43.0 Å². The zero-order valence-electron chi connectivity index (χ0n) is 12.1. The van der Waals surface area contributed by atoms with Gasteiger partial charge in [0.15, 0.2) is 5.17 Å². The van der Waals surface area contributed by atoms with E-state index in [-0.39, 0.29) is 0 Å². The molecule has 0 fully saturated rings. The monoisotopic (exact) mass is 278 g/mol. The van der Waals surface area contributed by atoms with Crippen molar-refractivity contribution >= 4 is 22.6 Å². The van der Waals surface area contributed by atoms with Gasteiger partial charge in [-0.1, -0.05) is 25.6 Å². The summed E-state index contributed by atoms with van der Waals surface area (Å²) in [6.07, 6.45) is 1.18. The molecular weight excluding hydrogens is 256 g/mol. The third-order valence-corrected chi connectivity index (χ3v) is 4.27. The van der Waals surface area contributed by atoms with Crippen LogP contribution in [0, 0.1) is 12.8 Å². The number of methoxy groups -OCH3 is 1. The average Bonchev–Trinajstić information content (AvgIpc) is 2.39. The number of aryl methyl sites for hydroxylation is 1. The summed E-state index contributed by atoms with van der Waals surface area (Å²) >= 11 is 1.80. The van der Waals surface area contributed by atoms with Gasteiger partial charge in [-0.2, -0.15) is 0 Å². The van der Waals surface area contributed by atoms with Crippen molar-refractivity contribution in [2.45, 2.75) is 33.2 Å². The maximum Gasteiger partial charge on any atom is 0.161 e. The van der Waals surface area contributed by atoms with Gasteiger partial charge in [0.25, 0.3) is 0 Å². The molecule has 1 atom stereocenters. The summed E-state index contributed by atoms with van der Waals surface area (Å²) in [6.45, 7) is 6.52. The van der Waals surface area contributed by atoms with Crippen LogP contribution in [0.4, 0.5) is 5.69 Å². The Balaban J connectivity index is 2.10. The highest BCUT2D eigenvalue weighted by Crippen LogP contribution is 2.26. The highest BCUT2D eigenvalue weighted by atomic mass is 32.2. The van der Waals surface area contributed by atoms with Crippen molar-refractivity contribution in [2.75, 3.05) is 18.2 Å². The van der Waals surface area contributed by atoms with E-state index in [2.05, 4.69) is 32.2 Å². The number of aliphatic imine (C=N–C) groups is 1. The summed E-state index contributed by atoms with van der Waals surface area (Å²) in [6, 6.07) is 6.57. The van der Waals surface area contributed by atoms with E-state index < -0.39 is 0 Å². The SMILES string of the molecule is COc1ccc(NC2=NC(C(C)C)CCS2)cc1C. The molecule has 2 rings (SSSR count). The zero-order chi connectivity index (χ0) is 13.8. The summed E-state index contributed by atoms with van der Waals surface area (Å²) in [5.74, 6) is 2.67. The minimum Gasteiger partial charge on any atom is -0.496 e. The number of anilines is 1. The number of thioether (sulfide) groups is 1. The Bertz CT molecular complexity index is 471. The minimum atomic E-state index is 0.447. The first-order chi connectivity index (χ1) is 9.10. The number of nitrogens with one attached hydrogen (secondary N) is 1. The van der Waals surface area contributed by atoms with Gasteiger partial charge < -0.3 is 10.1 Å². The molecular formula is C15H22N2OS. The van der Waals surface area contributed by atoms with Crippen LogP contribution in [0.2, 0.25) is 0 Å². The minimum absolute atomic E-state index is 0.447. The molecule has 0 aliphatic carbocycles. The standard InChI is InChI=1S/C15H22N2OS/c1-10(2)13-7-8-19-15(17-13)16-12-5-6-14(18-4)11(3)9-12/h5-6,9-10,13H,7-8H2,1-4H3,(H,16,17). The van der Waals surface area contributed by atoms with Gasteiger partial charge in [-0.25, -0.2) is 0 Å². The molecule has 1 aliphatic heterocycles. The molecule has 1 aromatic carbocycles. The number of ether oxygens (including phenoxy) is 1. The molecule has 1 heterocycles. The molecule has 3 nitrogen and oxygen atoms in total. The Hall–Kier alpha value is -1.16. The summed E-state index contributed by atoms with van der Waals surface area (Å²) < 4.78 is 5.28. The van der Waals surface area contributed by atoms with Gasteiger partial charge in [0.2, 0.25) is 0 Å². The molecule has 19 heavy (non-hydrogen) atoms. The molecule has 104 valence electrons. The zero-order valence-corrected chi connectivity index (χ0v) is 12.9. The first-order valence-corrected chi connectivity index (χ1v) is 7.71. The third kappa shape index (κ3) is 3.66. The Morgan fingerprint density at radius 1 is 1.42 bits per heavy atom. The van der Waals surface area contributed by atoms with Crippen molar-refractivity contribution in [2.24, 2.45) is 10.9 Å². The molecule has 0 saturated heterocycles. The van der Waals surface area contributed by atoms with E-state index in [4.69, 9.17) is 9.73 Å². The molecule has 0 saturated carbocycles. The van der Waals surface area contributed by atoms with Crippen molar-refractivity contribution < 1.29 is 4.74 Å². The first-order valence-electron chi connectivity index (χ1n) is 6.72. The van der Waals surface area contributed by atoms with Crippen molar-refractivity contribution in [3.8, 4) is 5.75 Å². The number of rotatable bonds is 3. The second-order valence-corrected chi connectivity index (χ2v) is 6.28. The second kappa shape index (κ2) is 6.33. The molecule has 0 radical (unpaired) electrons. The third-order valence-electron chi connectivity index (χ3n) is 3.35. The smallest absolute Gasteiger partial charge is 0.161 e. The highest BCUT2D eigenvalue weighted by molar-refractivity contribution is 8.14. The van der Waals surface area contributed by atoms with E-state index in [0.29, 0.717) is 12.0 Å². The van der Waals surface area contributed by atoms with Crippen LogP contribution in [0.15, 0.2) is 23.2 Å². The van der Waals surface area contributed by atoms with E-state index in [1.165, 1.54) is 6.42 Å². The molecule has 1 aromatic rings. The van der Waals surface area contributed by atoms with Crippen molar-refractivity contribution in [1.29, 1.82) is 0 Å². The highest BCUT2D eigenvalue weighted by Gasteiger charge is 2.18. The van der Waals surface area contributed by atoms with Gasteiger partial charge in [0, 0.05) is 11.4 Å².